The Hall–Kier alpha value is -1.83. The normalized spacial score (nSPS) is 10.8. The first-order valence-electron chi connectivity index (χ1n) is 5.27. The molecule has 16 heavy (non-hydrogen) atoms. The van der Waals surface area contributed by atoms with Gasteiger partial charge in [-0.2, -0.15) is 5.26 Å². The largest absolute Gasteiger partial charge is 0.360 e. The standard InChI is InChI=1S/C11H15N3O2/c1-3-11(4-2,8-12)10(15)13-7-9-5-6-14-16-9/h5-6H,3-4,7H2,1-2H3,(H,13,15). The summed E-state index contributed by atoms with van der Waals surface area (Å²) in [5, 5.41) is 15.3. The molecule has 0 spiro atoms. The Kier molecular flexibility index (Phi) is 4.06. The van der Waals surface area contributed by atoms with E-state index in [1.165, 1.54) is 6.20 Å². The zero-order chi connectivity index (χ0) is 12.0. The predicted octanol–water partition coefficient (Wildman–Crippen LogP) is 1.62. The maximum Gasteiger partial charge on any atom is 0.240 e. The van der Waals surface area contributed by atoms with Crippen LogP contribution < -0.4 is 5.32 Å². The molecule has 0 radical (unpaired) electrons. The van der Waals surface area contributed by atoms with Gasteiger partial charge in [-0.05, 0) is 12.8 Å². The van der Waals surface area contributed by atoms with Crippen LogP contribution in [0.3, 0.4) is 0 Å². The van der Waals surface area contributed by atoms with E-state index >= 15 is 0 Å². The highest BCUT2D eigenvalue weighted by Crippen LogP contribution is 2.25. The number of amides is 1. The Morgan fingerprint density at radius 3 is 2.75 bits per heavy atom. The van der Waals surface area contributed by atoms with Crippen molar-refractivity contribution in [3.63, 3.8) is 0 Å². The molecule has 0 bridgehead atoms. The Labute approximate surface area is 94.4 Å². The molecule has 0 atom stereocenters. The minimum absolute atomic E-state index is 0.253. The molecule has 0 saturated carbocycles. The minimum atomic E-state index is -0.931. The first kappa shape index (κ1) is 12.2. The number of nitriles is 1. The highest BCUT2D eigenvalue weighted by Gasteiger charge is 2.34. The number of carbonyl (C=O) groups excluding carboxylic acids is 1. The Morgan fingerprint density at radius 2 is 2.31 bits per heavy atom. The lowest BCUT2D eigenvalue weighted by Crippen LogP contribution is -2.38. The number of rotatable bonds is 5. The van der Waals surface area contributed by atoms with E-state index in [4.69, 9.17) is 9.78 Å². The molecule has 0 aromatic carbocycles. The topological polar surface area (TPSA) is 78.9 Å². The van der Waals surface area contributed by atoms with Crippen molar-refractivity contribution in [3.8, 4) is 6.07 Å². The van der Waals surface area contributed by atoms with Crippen molar-refractivity contribution in [2.24, 2.45) is 5.41 Å². The average molecular weight is 221 g/mol. The SMILES string of the molecule is CCC(C#N)(CC)C(=O)NCc1ccno1. The van der Waals surface area contributed by atoms with E-state index < -0.39 is 5.41 Å². The smallest absolute Gasteiger partial charge is 0.240 e. The van der Waals surface area contributed by atoms with E-state index in [1.54, 1.807) is 6.07 Å². The van der Waals surface area contributed by atoms with E-state index in [0.717, 1.165) is 0 Å². The van der Waals surface area contributed by atoms with Gasteiger partial charge < -0.3 is 9.84 Å². The van der Waals surface area contributed by atoms with E-state index in [0.29, 0.717) is 18.6 Å². The van der Waals surface area contributed by atoms with Crippen LogP contribution >= 0.6 is 0 Å². The third kappa shape index (κ3) is 2.40. The minimum Gasteiger partial charge on any atom is -0.360 e. The van der Waals surface area contributed by atoms with Crippen molar-refractivity contribution >= 4 is 5.91 Å². The van der Waals surface area contributed by atoms with Crippen molar-refractivity contribution in [2.45, 2.75) is 33.2 Å². The van der Waals surface area contributed by atoms with Crippen LogP contribution in [0.4, 0.5) is 0 Å². The molecule has 0 aliphatic rings. The molecule has 5 nitrogen and oxygen atoms in total. The monoisotopic (exact) mass is 221 g/mol. The van der Waals surface area contributed by atoms with Crippen LogP contribution in [-0.2, 0) is 11.3 Å². The first-order valence-corrected chi connectivity index (χ1v) is 5.27. The molecule has 1 N–H and O–H groups in total. The lowest BCUT2D eigenvalue weighted by Gasteiger charge is -2.21. The molecule has 5 heteroatoms. The molecule has 1 aromatic heterocycles. The van der Waals surface area contributed by atoms with Crippen molar-refractivity contribution < 1.29 is 9.32 Å². The maximum absolute atomic E-state index is 11.9. The molecule has 0 aliphatic heterocycles. The number of carbonyl (C=O) groups is 1. The fraction of sp³-hybridized carbons (Fsp3) is 0.545. The lowest BCUT2D eigenvalue weighted by molar-refractivity contribution is -0.128. The number of nitrogens with one attached hydrogen (secondary N) is 1. The Morgan fingerprint density at radius 1 is 1.62 bits per heavy atom. The summed E-state index contributed by atoms with van der Waals surface area (Å²) in [6, 6.07) is 3.76. The van der Waals surface area contributed by atoms with E-state index in [9.17, 15) is 4.79 Å². The second kappa shape index (κ2) is 5.31. The van der Waals surface area contributed by atoms with Gasteiger partial charge in [0, 0.05) is 6.07 Å². The Bertz CT molecular complexity index is 374. The molecule has 1 amide bonds. The number of hydrogen-bond donors (Lipinski definition) is 1. The van der Waals surface area contributed by atoms with E-state index in [-0.39, 0.29) is 12.5 Å². The highest BCUT2D eigenvalue weighted by atomic mass is 16.5. The van der Waals surface area contributed by atoms with Crippen molar-refractivity contribution in [2.75, 3.05) is 0 Å². The summed E-state index contributed by atoms with van der Waals surface area (Å²) in [5.41, 5.74) is -0.931. The lowest BCUT2D eigenvalue weighted by atomic mass is 9.83. The van der Waals surface area contributed by atoms with Crippen LogP contribution in [0.15, 0.2) is 16.8 Å². The third-order valence-corrected chi connectivity index (χ3v) is 2.77. The van der Waals surface area contributed by atoms with Crippen molar-refractivity contribution in [3.05, 3.63) is 18.0 Å². The molecule has 0 unspecified atom stereocenters. The van der Waals surface area contributed by atoms with Gasteiger partial charge in [0.15, 0.2) is 5.76 Å². The average Bonchev–Trinajstić information content (AvgIpc) is 2.82. The highest BCUT2D eigenvalue weighted by molar-refractivity contribution is 5.85. The van der Waals surface area contributed by atoms with Gasteiger partial charge in [0.05, 0.1) is 18.8 Å². The van der Waals surface area contributed by atoms with Gasteiger partial charge in [0.1, 0.15) is 5.41 Å². The van der Waals surface area contributed by atoms with Gasteiger partial charge in [0.25, 0.3) is 0 Å². The van der Waals surface area contributed by atoms with E-state index in [2.05, 4.69) is 16.5 Å². The van der Waals surface area contributed by atoms with Crippen molar-refractivity contribution in [1.82, 2.24) is 10.5 Å². The van der Waals surface area contributed by atoms with Crippen LogP contribution in [0.1, 0.15) is 32.4 Å². The summed E-state index contributed by atoms with van der Waals surface area (Å²) < 4.78 is 4.85. The predicted molar refractivity (Wildman–Crippen MR) is 57.0 cm³/mol. The molecule has 1 rings (SSSR count). The summed E-state index contributed by atoms with van der Waals surface area (Å²) in [5.74, 6) is 0.323. The zero-order valence-electron chi connectivity index (χ0n) is 9.49. The molecule has 1 heterocycles. The zero-order valence-corrected chi connectivity index (χ0v) is 9.49. The molecule has 0 fully saturated rings. The molecular weight excluding hydrogens is 206 g/mol. The van der Waals surface area contributed by atoms with Gasteiger partial charge in [-0.15, -0.1) is 0 Å². The Balaban J connectivity index is 2.61. The molecule has 0 saturated heterocycles. The molecule has 0 aliphatic carbocycles. The van der Waals surface area contributed by atoms with E-state index in [1.807, 2.05) is 13.8 Å². The van der Waals surface area contributed by atoms with Gasteiger partial charge >= 0.3 is 0 Å². The summed E-state index contributed by atoms with van der Waals surface area (Å²) in [6.07, 6.45) is 2.52. The third-order valence-electron chi connectivity index (χ3n) is 2.77. The van der Waals surface area contributed by atoms with Gasteiger partial charge in [-0.3, -0.25) is 4.79 Å². The summed E-state index contributed by atoms with van der Waals surface area (Å²) in [6.45, 7) is 3.93. The van der Waals surface area contributed by atoms with Crippen molar-refractivity contribution in [1.29, 1.82) is 5.26 Å². The second-order valence-electron chi connectivity index (χ2n) is 3.56. The molecule has 1 aromatic rings. The summed E-state index contributed by atoms with van der Waals surface area (Å²) in [4.78, 5) is 11.9. The summed E-state index contributed by atoms with van der Waals surface area (Å²) in [7, 11) is 0. The number of hydrogen-bond acceptors (Lipinski definition) is 4. The van der Waals surface area contributed by atoms with Gasteiger partial charge in [0.2, 0.25) is 5.91 Å². The first-order chi connectivity index (χ1) is 7.68. The fourth-order valence-electron chi connectivity index (χ4n) is 1.45. The maximum atomic E-state index is 11.9. The number of aromatic nitrogens is 1. The van der Waals surface area contributed by atoms with Crippen LogP contribution in [0.2, 0.25) is 0 Å². The van der Waals surface area contributed by atoms with Crippen LogP contribution in [0, 0.1) is 16.7 Å². The van der Waals surface area contributed by atoms with Gasteiger partial charge in [-0.25, -0.2) is 0 Å². The van der Waals surface area contributed by atoms with Crippen LogP contribution in [0.25, 0.3) is 0 Å². The number of nitrogens with zero attached hydrogens (tertiary/aromatic N) is 2. The second-order valence-corrected chi connectivity index (χ2v) is 3.56. The van der Waals surface area contributed by atoms with Crippen LogP contribution in [0.5, 0.6) is 0 Å². The molecular formula is C11H15N3O2. The van der Waals surface area contributed by atoms with Gasteiger partial charge in [-0.1, -0.05) is 19.0 Å². The summed E-state index contributed by atoms with van der Waals surface area (Å²) >= 11 is 0. The molecule has 86 valence electrons. The fourth-order valence-corrected chi connectivity index (χ4v) is 1.45. The van der Waals surface area contributed by atoms with Crippen LogP contribution in [-0.4, -0.2) is 11.1 Å². The quantitative estimate of drug-likeness (QED) is 0.819.